The predicted octanol–water partition coefficient (Wildman–Crippen LogP) is 0.937. The van der Waals surface area contributed by atoms with Crippen LogP contribution in [0.3, 0.4) is 0 Å². The van der Waals surface area contributed by atoms with Crippen molar-refractivity contribution in [2.24, 2.45) is 5.41 Å². The summed E-state index contributed by atoms with van der Waals surface area (Å²) in [5.74, 6) is 0. The fraction of sp³-hybridized carbons (Fsp3) is 0.611. The van der Waals surface area contributed by atoms with Crippen LogP contribution in [0.4, 0.5) is 0 Å². The molecule has 6 heteroatoms. The van der Waals surface area contributed by atoms with Crippen molar-refractivity contribution in [2.75, 3.05) is 33.4 Å². The first-order valence-electron chi connectivity index (χ1n) is 8.28. The van der Waals surface area contributed by atoms with E-state index in [9.17, 15) is 15.3 Å². The van der Waals surface area contributed by atoms with Crippen molar-refractivity contribution < 1.29 is 15.3 Å². The molecule has 0 radical (unpaired) electrons. The zero-order valence-electron chi connectivity index (χ0n) is 15.0. The van der Waals surface area contributed by atoms with E-state index >= 15 is 0 Å². The highest BCUT2D eigenvalue weighted by atomic mass is 16.3. The highest BCUT2D eigenvalue weighted by molar-refractivity contribution is 5.77. The van der Waals surface area contributed by atoms with Gasteiger partial charge in [-0.05, 0) is 44.2 Å². The first-order valence-corrected chi connectivity index (χ1v) is 8.28. The molecule has 24 heavy (non-hydrogen) atoms. The molecule has 0 saturated heterocycles. The van der Waals surface area contributed by atoms with Gasteiger partial charge in [0, 0.05) is 18.5 Å². The summed E-state index contributed by atoms with van der Waals surface area (Å²) in [4.78, 5) is 6.35. The number of benzene rings is 1. The lowest BCUT2D eigenvalue weighted by atomic mass is 9.92. The second kappa shape index (κ2) is 7.61. The summed E-state index contributed by atoms with van der Waals surface area (Å²) < 4.78 is 1.97. The molecular formula is C18H29N3O3. The van der Waals surface area contributed by atoms with Gasteiger partial charge < -0.3 is 24.8 Å². The molecule has 2 aromatic rings. The normalized spacial score (nSPS) is 13.8. The number of fused-ring (bicyclic) bond motifs is 1. The highest BCUT2D eigenvalue weighted by Gasteiger charge is 2.25. The third-order valence-electron chi connectivity index (χ3n) is 4.58. The van der Waals surface area contributed by atoms with Crippen LogP contribution in [0.5, 0.6) is 0 Å². The maximum absolute atomic E-state index is 10.4. The lowest BCUT2D eigenvalue weighted by Gasteiger charge is -2.31. The minimum absolute atomic E-state index is 0.0886. The topological polar surface area (TPSA) is 81.8 Å². The third-order valence-corrected chi connectivity index (χ3v) is 4.58. The first kappa shape index (κ1) is 18.9. The molecule has 0 aliphatic heterocycles. The maximum Gasteiger partial charge on any atom is 0.0959 e. The van der Waals surface area contributed by atoms with Crippen LogP contribution >= 0.6 is 0 Å². The van der Waals surface area contributed by atoms with Crippen molar-refractivity contribution in [3.63, 3.8) is 0 Å². The van der Waals surface area contributed by atoms with Crippen molar-refractivity contribution in [1.29, 1.82) is 0 Å². The van der Waals surface area contributed by atoms with Gasteiger partial charge in [0.25, 0.3) is 0 Å². The maximum atomic E-state index is 10.4. The van der Waals surface area contributed by atoms with Gasteiger partial charge in [-0.3, -0.25) is 0 Å². The molecule has 1 unspecified atom stereocenters. The van der Waals surface area contributed by atoms with Gasteiger partial charge in [0.2, 0.25) is 0 Å². The molecule has 3 N–H and O–H groups in total. The average Bonchev–Trinajstić information content (AvgIpc) is 2.89. The summed E-state index contributed by atoms with van der Waals surface area (Å²) in [5.41, 5.74) is 3.81. The Kier molecular flexibility index (Phi) is 5.98. The van der Waals surface area contributed by atoms with Crippen LogP contribution in [0.25, 0.3) is 11.0 Å². The van der Waals surface area contributed by atoms with E-state index in [0.717, 1.165) is 11.0 Å². The molecule has 1 aromatic carbocycles. The van der Waals surface area contributed by atoms with E-state index in [-0.39, 0.29) is 13.2 Å². The number of imidazole rings is 1. The Hall–Kier alpha value is -1.47. The van der Waals surface area contributed by atoms with Crippen LogP contribution in [-0.4, -0.2) is 69.2 Å². The standard InChI is InChI=1S/C18H29N3O3/c1-13-5-16-17(6-14(13)2)21(12-19-16)8-15(24)7-20(4)9-18(3,10-22)11-23/h5-6,12,15,22-24H,7-11H2,1-4H3. The van der Waals surface area contributed by atoms with Crippen LogP contribution < -0.4 is 0 Å². The van der Waals surface area contributed by atoms with Crippen molar-refractivity contribution in [3.05, 3.63) is 29.6 Å². The van der Waals surface area contributed by atoms with Crippen LogP contribution in [0, 0.1) is 19.3 Å². The highest BCUT2D eigenvalue weighted by Crippen LogP contribution is 2.19. The van der Waals surface area contributed by atoms with E-state index in [1.54, 1.807) is 6.33 Å². The van der Waals surface area contributed by atoms with Crippen molar-refractivity contribution in [1.82, 2.24) is 14.5 Å². The fourth-order valence-corrected chi connectivity index (χ4v) is 2.97. The lowest BCUT2D eigenvalue weighted by molar-refractivity contribution is 0.0260. The lowest BCUT2D eigenvalue weighted by Crippen LogP contribution is -2.42. The molecule has 1 atom stereocenters. The quantitative estimate of drug-likeness (QED) is 0.669. The molecule has 6 nitrogen and oxygen atoms in total. The van der Waals surface area contributed by atoms with Gasteiger partial charge in [-0.2, -0.15) is 0 Å². The Bertz CT molecular complexity index is 679. The molecule has 0 aliphatic carbocycles. The molecule has 2 rings (SSSR count). The number of aliphatic hydroxyl groups is 3. The van der Waals surface area contributed by atoms with Crippen molar-refractivity contribution in [2.45, 2.75) is 33.4 Å². The van der Waals surface area contributed by atoms with E-state index in [1.165, 1.54) is 11.1 Å². The van der Waals surface area contributed by atoms with Gasteiger partial charge in [-0.25, -0.2) is 4.98 Å². The van der Waals surface area contributed by atoms with E-state index in [2.05, 4.69) is 31.0 Å². The number of nitrogens with zero attached hydrogens (tertiary/aromatic N) is 3. The van der Waals surface area contributed by atoms with Gasteiger partial charge in [0.1, 0.15) is 0 Å². The van der Waals surface area contributed by atoms with Crippen molar-refractivity contribution >= 4 is 11.0 Å². The minimum Gasteiger partial charge on any atom is -0.396 e. The number of aliphatic hydroxyl groups excluding tert-OH is 3. The van der Waals surface area contributed by atoms with E-state index in [1.807, 2.05) is 23.4 Å². The number of likely N-dealkylation sites (N-methyl/N-ethyl adjacent to an activating group) is 1. The van der Waals surface area contributed by atoms with Gasteiger partial charge in [-0.1, -0.05) is 6.92 Å². The Morgan fingerprint density at radius 1 is 1.21 bits per heavy atom. The second-order valence-electron chi connectivity index (χ2n) is 7.30. The van der Waals surface area contributed by atoms with Crippen LogP contribution in [0.2, 0.25) is 0 Å². The summed E-state index contributed by atoms with van der Waals surface area (Å²) in [7, 11) is 1.88. The van der Waals surface area contributed by atoms with Gasteiger partial charge >= 0.3 is 0 Å². The average molecular weight is 335 g/mol. The van der Waals surface area contributed by atoms with E-state index in [4.69, 9.17) is 0 Å². The minimum atomic E-state index is -0.565. The first-order chi connectivity index (χ1) is 11.3. The van der Waals surface area contributed by atoms with Gasteiger partial charge in [0.05, 0.1) is 43.2 Å². The Morgan fingerprint density at radius 3 is 2.46 bits per heavy atom. The molecule has 0 saturated carbocycles. The summed E-state index contributed by atoms with van der Waals surface area (Å²) in [6.07, 6.45) is 1.20. The third kappa shape index (κ3) is 4.33. The van der Waals surface area contributed by atoms with Crippen molar-refractivity contribution in [3.8, 4) is 0 Å². The molecule has 0 spiro atoms. The number of aromatic nitrogens is 2. The molecule has 0 amide bonds. The molecular weight excluding hydrogens is 306 g/mol. The largest absolute Gasteiger partial charge is 0.396 e. The van der Waals surface area contributed by atoms with Crippen LogP contribution in [-0.2, 0) is 6.54 Å². The smallest absolute Gasteiger partial charge is 0.0959 e. The SMILES string of the molecule is Cc1cc2ncn(CC(O)CN(C)CC(C)(CO)CO)c2cc1C. The molecule has 134 valence electrons. The van der Waals surface area contributed by atoms with Gasteiger partial charge in [-0.15, -0.1) is 0 Å². The molecule has 1 heterocycles. The Morgan fingerprint density at radius 2 is 1.83 bits per heavy atom. The summed E-state index contributed by atoms with van der Waals surface area (Å²) >= 11 is 0. The summed E-state index contributed by atoms with van der Waals surface area (Å²) in [5, 5.41) is 29.2. The second-order valence-corrected chi connectivity index (χ2v) is 7.30. The summed E-state index contributed by atoms with van der Waals surface area (Å²) in [6.45, 7) is 7.21. The number of hydrogen-bond donors (Lipinski definition) is 3. The van der Waals surface area contributed by atoms with Crippen LogP contribution in [0.15, 0.2) is 18.5 Å². The Balaban J connectivity index is 2.02. The monoisotopic (exact) mass is 335 g/mol. The Labute approximate surface area is 143 Å². The number of hydrogen-bond acceptors (Lipinski definition) is 5. The summed E-state index contributed by atoms with van der Waals surface area (Å²) in [6, 6.07) is 4.16. The molecule has 0 fully saturated rings. The van der Waals surface area contributed by atoms with E-state index in [0.29, 0.717) is 19.6 Å². The predicted molar refractivity (Wildman–Crippen MR) is 95.0 cm³/mol. The van der Waals surface area contributed by atoms with E-state index < -0.39 is 11.5 Å². The zero-order valence-corrected chi connectivity index (χ0v) is 15.0. The van der Waals surface area contributed by atoms with Gasteiger partial charge in [0.15, 0.2) is 0 Å². The zero-order chi connectivity index (χ0) is 17.9. The van der Waals surface area contributed by atoms with Crippen LogP contribution in [0.1, 0.15) is 18.1 Å². The molecule has 1 aromatic heterocycles. The number of aryl methyl sites for hydroxylation is 2. The fourth-order valence-electron chi connectivity index (χ4n) is 2.97. The molecule has 0 aliphatic rings. The molecule has 0 bridgehead atoms. The number of rotatable bonds is 8.